The van der Waals surface area contributed by atoms with Crippen LogP contribution < -0.4 is 9.47 Å². The number of fused-ring (bicyclic) bond motifs is 1. The third-order valence-corrected chi connectivity index (χ3v) is 6.60. The fraction of sp³-hybridized carbons (Fsp3) is 0.700. The van der Waals surface area contributed by atoms with E-state index in [0.29, 0.717) is 12.0 Å². The quantitative estimate of drug-likeness (QED) is 0.921. The molecule has 1 aliphatic heterocycles. The summed E-state index contributed by atoms with van der Waals surface area (Å²) in [7, 11) is 5.68. The number of hydrogen-bond donors (Lipinski definition) is 1. The SMILES string of the molecule is COc1cc([C@@]23CC[C@H](O)C[C@@H]2N(C)CC3)cc(C2CC2)c1OC. The minimum Gasteiger partial charge on any atom is -0.493 e. The minimum atomic E-state index is -0.160. The van der Waals surface area contributed by atoms with E-state index in [1.165, 1.54) is 30.4 Å². The van der Waals surface area contributed by atoms with Crippen molar-refractivity contribution in [1.82, 2.24) is 4.90 Å². The standard InChI is InChI=1S/C20H29NO3/c1-21-9-8-20(7-6-15(22)12-18(20)21)14-10-16(13-4-5-13)19(24-3)17(11-14)23-2/h10-11,13,15,18,22H,4-9,12H2,1-3H3/t15-,18-,20-/m0/s1. The third kappa shape index (κ3) is 2.42. The topological polar surface area (TPSA) is 41.9 Å². The van der Waals surface area contributed by atoms with Gasteiger partial charge in [-0.1, -0.05) is 6.07 Å². The molecule has 1 aromatic rings. The number of rotatable bonds is 4. The summed E-state index contributed by atoms with van der Waals surface area (Å²) >= 11 is 0. The van der Waals surface area contributed by atoms with E-state index in [-0.39, 0.29) is 11.5 Å². The number of likely N-dealkylation sites (N-methyl/N-ethyl adjacent to an activating group) is 1. The summed E-state index contributed by atoms with van der Waals surface area (Å²) in [5.41, 5.74) is 2.86. The van der Waals surface area contributed by atoms with Crippen LogP contribution in [0.2, 0.25) is 0 Å². The second-order valence-electron chi connectivity index (χ2n) is 7.91. The molecule has 0 aromatic heterocycles. The van der Waals surface area contributed by atoms with Gasteiger partial charge in [0, 0.05) is 17.0 Å². The van der Waals surface area contributed by atoms with Gasteiger partial charge in [-0.05, 0) is 69.7 Å². The van der Waals surface area contributed by atoms with E-state index in [0.717, 1.165) is 37.3 Å². The predicted molar refractivity (Wildman–Crippen MR) is 94.1 cm³/mol. The van der Waals surface area contributed by atoms with Gasteiger partial charge in [0.05, 0.1) is 20.3 Å². The van der Waals surface area contributed by atoms with Gasteiger partial charge in [-0.25, -0.2) is 0 Å². The number of nitrogens with zero attached hydrogens (tertiary/aromatic N) is 1. The van der Waals surface area contributed by atoms with E-state index in [1.807, 2.05) is 0 Å². The van der Waals surface area contributed by atoms with Crippen molar-refractivity contribution in [2.45, 2.75) is 62.0 Å². The van der Waals surface area contributed by atoms with Crippen LogP contribution in [-0.2, 0) is 5.41 Å². The van der Waals surface area contributed by atoms with Crippen molar-refractivity contribution in [1.29, 1.82) is 0 Å². The van der Waals surface area contributed by atoms with Crippen LogP contribution in [0.15, 0.2) is 12.1 Å². The summed E-state index contributed by atoms with van der Waals surface area (Å²) in [6, 6.07) is 5.02. The monoisotopic (exact) mass is 331 g/mol. The first-order chi connectivity index (χ1) is 11.6. The molecule has 0 unspecified atom stereocenters. The van der Waals surface area contributed by atoms with Gasteiger partial charge in [-0.15, -0.1) is 0 Å². The van der Waals surface area contributed by atoms with E-state index in [2.05, 4.69) is 24.1 Å². The lowest BCUT2D eigenvalue weighted by Crippen LogP contribution is -2.47. The van der Waals surface area contributed by atoms with Crippen LogP contribution in [0.3, 0.4) is 0 Å². The molecule has 3 aliphatic rings. The Morgan fingerprint density at radius 1 is 1.12 bits per heavy atom. The van der Waals surface area contributed by atoms with Gasteiger partial charge in [0.15, 0.2) is 11.5 Å². The zero-order valence-electron chi connectivity index (χ0n) is 15.0. The van der Waals surface area contributed by atoms with Crippen molar-refractivity contribution in [2.75, 3.05) is 27.8 Å². The Bertz CT molecular complexity index is 628. The van der Waals surface area contributed by atoms with E-state index in [4.69, 9.17) is 9.47 Å². The number of ether oxygens (including phenoxy) is 2. The van der Waals surface area contributed by atoms with Crippen LogP contribution in [0, 0.1) is 0 Å². The maximum atomic E-state index is 10.2. The molecule has 3 atom stereocenters. The van der Waals surface area contributed by atoms with Crippen LogP contribution in [0.25, 0.3) is 0 Å². The number of methoxy groups -OCH3 is 2. The molecule has 2 saturated carbocycles. The van der Waals surface area contributed by atoms with Crippen LogP contribution in [0.1, 0.15) is 55.6 Å². The summed E-state index contributed by atoms with van der Waals surface area (Å²) in [5.74, 6) is 2.40. The molecular weight excluding hydrogens is 302 g/mol. The fourth-order valence-corrected chi connectivity index (χ4v) is 5.08. The average Bonchev–Trinajstić information content (AvgIpc) is 3.39. The molecular formula is C20H29NO3. The average molecular weight is 331 g/mol. The molecule has 4 heteroatoms. The van der Waals surface area contributed by atoms with E-state index in [1.54, 1.807) is 14.2 Å². The van der Waals surface area contributed by atoms with Gasteiger partial charge >= 0.3 is 0 Å². The Morgan fingerprint density at radius 2 is 1.92 bits per heavy atom. The lowest BCUT2D eigenvalue weighted by atomic mass is 9.65. The third-order valence-electron chi connectivity index (χ3n) is 6.60. The van der Waals surface area contributed by atoms with Crippen molar-refractivity contribution in [3.05, 3.63) is 23.3 Å². The Morgan fingerprint density at radius 3 is 2.58 bits per heavy atom. The van der Waals surface area contributed by atoms with Crippen molar-refractivity contribution < 1.29 is 14.6 Å². The highest BCUT2D eigenvalue weighted by atomic mass is 16.5. The lowest BCUT2D eigenvalue weighted by molar-refractivity contribution is 0.0566. The van der Waals surface area contributed by atoms with Crippen molar-refractivity contribution in [2.24, 2.45) is 0 Å². The molecule has 1 heterocycles. The van der Waals surface area contributed by atoms with Gasteiger partial charge in [0.1, 0.15) is 0 Å². The fourth-order valence-electron chi connectivity index (χ4n) is 5.08. The highest BCUT2D eigenvalue weighted by Gasteiger charge is 2.50. The molecule has 3 fully saturated rings. The normalized spacial score (nSPS) is 33.3. The molecule has 2 aliphatic carbocycles. The Labute approximate surface area is 144 Å². The Kier molecular flexibility index (Phi) is 4.00. The zero-order valence-corrected chi connectivity index (χ0v) is 15.0. The molecule has 1 saturated heterocycles. The molecule has 0 amide bonds. The maximum Gasteiger partial charge on any atom is 0.164 e. The van der Waals surface area contributed by atoms with Gasteiger partial charge < -0.3 is 19.5 Å². The first-order valence-electron chi connectivity index (χ1n) is 9.23. The van der Waals surface area contributed by atoms with Crippen LogP contribution >= 0.6 is 0 Å². The van der Waals surface area contributed by atoms with Gasteiger partial charge in [0.2, 0.25) is 0 Å². The Hall–Kier alpha value is -1.26. The molecule has 4 nitrogen and oxygen atoms in total. The summed E-state index contributed by atoms with van der Waals surface area (Å²) in [5, 5.41) is 10.2. The highest BCUT2D eigenvalue weighted by molar-refractivity contribution is 5.54. The second kappa shape index (κ2) is 5.92. The molecule has 1 N–H and O–H groups in total. The summed E-state index contributed by atoms with van der Waals surface area (Å²) in [6.07, 6.45) is 6.34. The first kappa shape index (κ1) is 16.2. The second-order valence-corrected chi connectivity index (χ2v) is 7.91. The lowest BCUT2D eigenvalue weighted by Gasteiger charge is -2.43. The minimum absolute atomic E-state index is 0.150. The largest absolute Gasteiger partial charge is 0.493 e. The summed E-state index contributed by atoms with van der Waals surface area (Å²) in [4.78, 5) is 2.44. The van der Waals surface area contributed by atoms with Crippen LogP contribution in [0.4, 0.5) is 0 Å². The van der Waals surface area contributed by atoms with Crippen molar-refractivity contribution in [3.8, 4) is 11.5 Å². The van der Waals surface area contributed by atoms with Gasteiger partial charge in [-0.2, -0.15) is 0 Å². The van der Waals surface area contributed by atoms with Gasteiger partial charge in [-0.3, -0.25) is 0 Å². The zero-order chi connectivity index (χ0) is 16.9. The Balaban J connectivity index is 1.81. The number of hydrogen-bond acceptors (Lipinski definition) is 4. The van der Waals surface area contributed by atoms with Gasteiger partial charge in [0.25, 0.3) is 0 Å². The van der Waals surface area contributed by atoms with Crippen LogP contribution in [-0.4, -0.2) is 50.0 Å². The maximum absolute atomic E-state index is 10.2. The van der Waals surface area contributed by atoms with Crippen LogP contribution in [0.5, 0.6) is 11.5 Å². The molecule has 0 radical (unpaired) electrons. The van der Waals surface area contributed by atoms with Crippen molar-refractivity contribution >= 4 is 0 Å². The molecule has 132 valence electrons. The number of likely N-dealkylation sites (tertiary alicyclic amines) is 1. The number of benzene rings is 1. The molecule has 24 heavy (non-hydrogen) atoms. The molecule has 4 rings (SSSR count). The highest BCUT2D eigenvalue weighted by Crippen LogP contribution is 2.53. The molecule has 0 bridgehead atoms. The van der Waals surface area contributed by atoms with E-state index >= 15 is 0 Å². The van der Waals surface area contributed by atoms with E-state index in [9.17, 15) is 5.11 Å². The summed E-state index contributed by atoms with van der Waals surface area (Å²) < 4.78 is 11.4. The number of aliphatic hydroxyl groups is 1. The summed E-state index contributed by atoms with van der Waals surface area (Å²) in [6.45, 7) is 1.10. The molecule has 1 aromatic carbocycles. The van der Waals surface area contributed by atoms with E-state index < -0.39 is 0 Å². The molecule has 0 spiro atoms. The first-order valence-corrected chi connectivity index (χ1v) is 9.23. The predicted octanol–water partition coefficient (Wildman–Crippen LogP) is 3.07. The smallest absolute Gasteiger partial charge is 0.164 e. The van der Waals surface area contributed by atoms with Crippen molar-refractivity contribution in [3.63, 3.8) is 0 Å². The number of aliphatic hydroxyl groups excluding tert-OH is 1.